The Labute approximate surface area is 85.0 Å². The van der Waals surface area contributed by atoms with Gasteiger partial charge in [-0.2, -0.15) is 0 Å². The Kier molecular flexibility index (Phi) is 3.03. The molecule has 0 unspecified atom stereocenters. The van der Waals surface area contributed by atoms with Crippen molar-refractivity contribution in [3.8, 4) is 0 Å². The van der Waals surface area contributed by atoms with E-state index in [1.807, 2.05) is 4.90 Å². The molecule has 0 radical (unpaired) electrons. The Morgan fingerprint density at radius 1 is 1.29 bits per heavy atom. The highest BCUT2D eigenvalue weighted by Gasteiger charge is 2.24. The molecule has 0 spiro atoms. The Morgan fingerprint density at radius 3 is 2.64 bits per heavy atom. The fourth-order valence-electron chi connectivity index (χ4n) is 2.09. The van der Waals surface area contributed by atoms with Gasteiger partial charge >= 0.3 is 0 Å². The SMILES string of the molecule is N[C@@H]1CCCN(CC(=O)N2CCC2)C1. The van der Waals surface area contributed by atoms with Crippen molar-refractivity contribution in [3.05, 3.63) is 0 Å². The lowest BCUT2D eigenvalue weighted by Gasteiger charge is -2.35. The van der Waals surface area contributed by atoms with Crippen molar-refractivity contribution in [1.29, 1.82) is 0 Å². The van der Waals surface area contributed by atoms with Crippen LogP contribution in [0.1, 0.15) is 19.3 Å². The Balaban J connectivity index is 1.75. The quantitative estimate of drug-likeness (QED) is 0.658. The standard InChI is InChI=1S/C10H19N3O/c11-9-3-1-4-12(7-9)8-10(14)13-5-2-6-13/h9H,1-8,11H2/t9-/m1/s1. The van der Waals surface area contributed by atoms with Gasteiger partial charge in [0.1, 0.15) is 0 Å². The van der Waals surface area contributed by atoms with E-state index in [0.29, 0.717) is 6.54 Å². The second-order valence-electron chi connectivity index (χ2n) is 4.37. The van der Waals surface area contributed by atoms with Crippen LogP contribution >= 0.6 is 0 Å². The number of nitrogens with zero attached hydrogens (tertiary/aromatic N) is 2. The average Bonchev–Trinajstić information content (AvgIpc) is 1.99. The Bertz CT molecular complexity index is 215. The summed E-state index contributed by atoms with van der Waals surface area (Å²) in [6.45, 7) is 4.41. The number of amides is 1. The van der Waals surface area contributed by atoms with Gasteiger partial charge in [-0.05, 0) is 25.8 Å². The predicted octanol–water partition coefficient (Wildman–Crippen LogP) is -0.358. The van der Waals surface area contributed by atoms with Gasteiger partial charge in [0.2, 0.25) is 5.91 Å². The molecule has 80 valence electrons. The van der Waals surface area contributed by atoms with Crippen LogP contribution in [-0.2, 0) is 4.79 Å². The Morgan fingerprint density at radius 2 is 2.07 bits per heavy atom. The average molecular weight is 197 g/mol. The number of rotatable bonds is 2. The van der Waals surface area contributed by atoms with Gasteiger partial charge in [0, 0.05) is 25.7 Å². The molecular weight excluding hydrogens is 178 g/mol. The van der Waals surface area contributed by atoms with Gasteiger partial charge in [-0.15, -0.1) is 0 Å². The Hall–Kier alpha value is -0.610. The first-order valence-corrected chi connectivity index (χ1v) is 5.51. The van der Waals surface area contributed by atoms with E-state index in [0.717, 1.165) is 39.0 Å². The molecule has 2 saturated heterocycles. The maximum absolute atomic E-state index is 11.6. The van der Waals surface area contributed by atoms with Crippen molar-refractivity contribution >= 4 is 5.91 Å². The van der Waals surface area contributed by atoms with Gasteiger partial charge in [0.05, 0.1) is 6.54 Å². The van der Waals surface area contributed by atoms with E-state index in [1.165, 1.54) is 6.42 Å². The minimum absolute atomic E-state index is 0.271. The maximum atomic E-state index is 11.6. The van der Waals surface area contributed by atoms with Crippen LogP contribution in [0.5, 0.6) is 0 Å². The molecule has 14 heavy (non-hydrogen) atoms. The predicted molar refractivity (Wildman–Crippen MR) is 54.8 cm³/mol. The second kappa shape index (κ2) is 4.28. The van der Waals surface area contributed by atoms with Gasteiger partial charge in [-0.3, -0.25) is 9.69 Å². The first-order valence-electron chi connectivity index (χ1n) is 5.51. The number of carbonyl (C=O) groups is 1. The highest BCUT2D eigenvalue weighted by Crippen LogP contribution is 2.10. The monoisotopic (exact) mass is 197 g/mol. The number of carbonyl (C=O) groups excluding carboxylic acids is 1. The first-order chi connectivity index (χ1) is 6.75. The summed E-state index contributed by atoms with van der Waals surface area (Å²) in [5.74, 6) is 0.283. The highest BCUT2D eigenvalue weighted by molar-refractivity contribution is 5.78. The van der Waals surface area contributed by atoms with Crippen molar-refractivity contribution < 1.29 is 4.79 Å². The molecule has 1 amide bonds. The third kappa shape index (κ3) is 2.25. The molecule has 0 saturated carbocycles. The van der Waals surface area contributed by atoms with E-state index < -0.39 is 0 Å². The normalized spacial score (nSPS) is 28.6. The lowest BCUT2D eigenvalue weighted by molar-refractivity contribution is -0.136. The fourth-order valence-corrected chi connectivity index (χ4v) is 2.09. The van der Waals surface area contributed by atoms with Crippen LogP contribution in [0.4, 0.5) is 0 Å². The van der Waals surface area contributed by atoms with Crippen LogP contribution in [0.25, 0.3) is 0 Å². The van der Waals surface area contributed by atoms with E-state index >= 15 is 0 Å². The number of likely N-dealkylation sites (tertiary alicyclic amines) is 2. The molecule has 2 aliphatic heterocycles. The highest BCUT2D eigenvalue weighted by atomic mass is 16.2. The number of piperidine rings is 1. The van der Waals surface area contributed by atoms with Gasteiger partial charge in [-0.25, -0.2) is 0 Å². The topological polar surface area (TPSA) is 49.6 Å². The van der Waals surface area contributed by atoms with Crippen LogP contribution < -0.4 is 5.73 Å². The number of nitrogens with two attached hydrogens (primary N) is 1. The van der Waals surface area contributed by atoms with Crippen molar-refractivity contribution in [2.24, 2.45) is 5.73 Å². The van der Waals surface area contributed by atoms with Crippen molar-refractivity contribution in [2.45, 2.75) is 25.3 Å². The summed E-state index contributed by atoms with van der Waals surface area (Å²) in [6, 6.07) is 0.271. The molecule has 0 aromatic heterocycles. The lowest BCUT2D eigenvalue weighted by atomic mass is 10.1. The first kappa shape index (κ1) is 9.93. The summed E-state index contributed by atoms with van der Waals surface area (Å²) in [4.78, 5) is 15.8. The molecule has 1 atom stereocenters. The molecule has 2 rings (SSSR count). The van der Waals surface area contributed by atoms with Gasteiger partial charge in [0.25, 0.3) is 0 Å². The summed E-state index contributed by atoms with van der Waals surface area (Å²) in [5.41, 5.74) is 5.86. The number of hydrogen-bond acceptors (Lipinski definition) is 3. The molecule has 2 aliphatic rings. The third-order valence-electron chi connectivity index (χ3n) is 3.11. The molecule has 2 N–H and O–H groups in total. The minimum atomic E-state index is 0.271. The minimum Gasteiger partial charge on any atom is -0.341 e. The molecular formula is C10H19N3O. The van der Waals surface area contributed by atoms with E-state index in [4.69, 9.17) is 5.73 Å². The van der Waals surface area contributed by atoms with E-state index in [-0.39, 0.29) is 11.9 Å². The largest absolute Gasteiger partial charge is 0.341 e. The van der Waals surface area contributed by atoms with E-state index in [2.05, 4.69) is 4.90 Å². The molecule has 0 aromatic carbocycles. The molecule has 0 bridgehead atoms. The summed E-state index contributed by atoms with van der Waals surface area (Å²) < 4.78 is 0. The molecule has 4 nitrogen and oxygen atoms in total. The van der Waals surface area contributed by atoms with Crippen LogP contribution in [0, 0.1) is 0 Å². The zero-order valence-corrected chi connectivity index (χ0v) is 8.61. The molecule has 2 fully saturated rings. The van der Waals surface area contributed by atoms with Crippen molar-refractivity contribution in [1.82, 2.24) is 9.80 Å². The summed E-state index contributed by atoms with van der Waals surface area (Å²) >= 11 is 0. The number of hydrogen-bond donors (Lipinski definition) is 1. The zero-order valence-electron chi connectivity index (χ0n) is 8.61. The van der Waals surface area contributed by atoms with Gasteiger partial charge < -0.3 is 10.6 Å². The van der Waals surface area contributed by atoms with Crippen LogP contribution in [0.3, 0.4) is 0 Å². The van der Waals surface area contributed by atoms with E-state index in [9.17, 15) is 4.79 Å². The lowest BCUT2D eigenvalue weighted by Crippen LogP contribution is -2.50. The summed E-state index contributed by atoms with van der Waals surface area (Å²) in [6.07, 6.45) is 3.41. The summed E-state index contributed by atoms with van der Waals surface area (Å²) in [7, 11) is 0. The third-order valence-corrected chi connectivity index (χ3v) is 3.11. The molecule has 2 heterocycles. The second-order valence-corrected chi connectivity index (χ2v) is 4.37. The van der Waals surface area contributed by atoms with Gasteiger partial charge in [-0.1, -0.05) is 0 Å². The van der Waals surface area contributed by atoms with Crippen LogP contribution in [0.2, 0.25) is 0 Å². The summed E-state index contributed by atoms with van der Waals surface area (Å²) in [5, 5.41) is 0. The zero-order chi connectivity index (χ0) is 9.97. The van der Waals surface area contributed by atoms with Crippen molar-refractivity contribution in [2.75, 3.05) is 32.7 Å². The molecule has 0 aliphatic carbocycles. The molecule has 4 heteroatoms. The van der Waals surface area contributed by atoms with Gasteiger partial charge in [0.15, 0.2) is 0 Å². The van der Waals surface area contributed by atoms with Crippen LogP contribution in [0.15, 0.2) is 0 Å². The molecule has 0 aromatic rings. The van der Waals surface area contributed by atoms with E-state index in [1.54, 1.807) is 0 Å². The fraction of sp³-hybridized carbons (Fsp3) is 0.900. The van der Waals surface area contributed by atoms with Crippen LogP contribution in [-0.4, -0.2) is 54.5 Å². The van der Waals surface area contributed by atoms with Crippen molar-refractivity contribution in [3.63, 3.8) is 0 Å². The smallest absolute Gasteiger partial charge is 0.236 e. The maximum Gasteiger partial charge on any atom is 0.236 e.